The topological polar surface area (TPSA) is 132 Å². The highest BCUT2D eigenvalue weighted by Crippen LogP contribution is 2.34. The molecular formula is C25H24N6O3S. The van der Waals surface area contributed by atoms with E-state index in [1.54, 1.807) is 36.4 Å². The number of ether oxygens (including phenoxy) is 1. The monoisotopic (exact) mass is 488 g/mol. The molecule has 0 unspecified atom stereocenters. The molecule has 0 saturated heterocycles. The van der Waals surface area contributed by atoms with E-state index in [1.165, 1.54) is 10.6 Å². The Morgan fingerprint density at radius 1 is 0.971 bits per heavy atom. The fraction of sp³-hybridized carbons (Fsp3) is 0.280. The van der Waals surface area contributed by atoms with Crippen molar-refractivity contribution in [1.29, 1.82) is 10.5 Å². The van der Waals surface area contributed by atoms with E-state index in [9.17, 15) is 13.7 Å². The summed E-state index contributed by atoms with van der Waals surface area (Å²) in [5.74, 6) is 1.25. The number of aryl methyl sites for hydroxylation is 2. The molecule has 1 aromatic heterocycles. The summed E-state index contributed by atoms with van der Waals surface area (Å²) in [5, 5.41) is 21.5. The van der Waals surface area contributed by atoms with Crippen molar-refractivity contribution in [3.05, 3.63) is 69.9 Å². The Labute approximate surface area is 204 Å². The predicted molar refractivity (Wildman–Crippen MR) is 131 cm³/mol. The average molecular weight is 489 g/mol. The summed E-state index contributed by atoms with van der Waals surface area (Å²) in [4.78, 5) is 9.30. The summed E-state index contributed by atoms with van der Waals surface area (Å²) in [6.45, 7) is 4.35. The molecule has 0 saturated carbocycles. The number of benzene rings is 2. The average Bonchev–Trinajstić information content (AvgIpc) is 3.04. The van der Waals surface area contributed by atoms with E-state index in [4.69, 9.17) is 10.00 Å². The first-order chi connectivity index (χ1) is 16.7. The van der Waals surface area contributed by atoms with Gasteiger partial charge in [0.2, 0.25) is 21.9 Å². The zero-order valence-electron chi connectivity index (χ0n) is 19.7. The number of rotatable bonds is 5. The lowest BCUT2D eigenvalue weighted by Crippen LogP contribution is -2.32. The first-order valence-electron chi connectivity index (χ1n) is 11.0. The van der Waals surface area contributed by atoms with Crippen LogP contribution in [0.5, 0.6) is 11.6 Å². The predicted octanol–water partition coefficient (Wildman–Crippen LogP) is 3.73. The van der Waals surface area contributed by atoms with Crippen LogP contribution in [0.2, 0.25) is 0 Å². The number of sulfonamides is 1. The zero-order valence-corrected chi connectivity index (χ0v) is 20.5. The Hall–Kier alpha value is -3.99. The molecule has 2 heterocycles. The fourth-order valence-corrected chi connectivity index (χ4v) is 4.89. The van der Waals surface area contributed by atoms with Crippen molar-refractivity contribution in [2.75, 3.05) is 24.7 Å². The van der Waals surface area contributed by atoms with E-state index in [0.717, 1.165) is 16.7 Å². The minimum atomic E-state index is -3.35. The van der Waals surface area contributed by atoms with Gasteiger partial charge < -0.3 is 10.1 Å². The summed E-state index contributed by atoms with van der Waals surface area (Å²) in [6.07, 6.45) is 2.02. The van der Waals surface area contributed by atoms with Gasteiger partial charge in [-0.2, -0.15) is 15.5 Å². The molecule has 3 aromatic rings. The second-order valence-electron chi connectivity index (χ2n) is 8.41. The van der Waals surface area contributed by atoms with Gasteiger partial charge in [-0.3, -0.25) is 0 Å². The van der Waals surface area contributed by atoms with E-state index >= 15 is 0 Å². The van der Waals surface area contributed by atoms with Gasteiger partial charge in [-0.25, -0.2) is 17.7 Å². The fourth-order valence-electron chi connectivity index (χ4n) is 4.05. The molecule has 1 aliphatic heterocycles. The molecule has 1 aliphatic rings. The summed E-state index contributed by atoms with van der Waals surface area (Å²) >= 11 is 0. The SMILES string of the molecule is Cc1cc(C#N)cc(C)c1Oc1nc(Nc2ccc(C#N)cc2)nc2c1CCN(S(C)(=O)=O)CC2. The van der Waals surface area contributed by atoms with Gasteiger partial charge in [-0.05, 0) is 67.8 Å². The van der Waals surface area contributed by atoms with Crippen LogP contribution in [0.3, 0.4) is 0 Å². The molecule has 0 bridgehead atoms. The summed E-state index contributed by atoms with van der Waals surface area (Å²) < 4.78 is 32.1. The molecule has 178 valence electrons. The van der Waals surface area contributed by atoms with Crippen LogP contribution >= 0.6 is 0 Å². The van der Waals surface area contributed by atoms with Crippen molar-refractivity contribution in [2.45, 2.75) is 26.7 Å². The van der Waals surface area contributed by atoms with Gasteiger partial charge in [0.1, 0.15) is 5.75 Å². The van der Waals surface area contributed by atoms with E-state index in [0.29, 0.717) is 66.0 Å². The van der Waals surface area contributed by atoms with Gasteiger partial charge in [0, 0.05) is 30.8 Å². The van der Waals surface area contributed by atoms with Crippen LogP contribution in [0.4, 0.5) is 11.6 Å². The summed E-state index contributed by atoms with van der Waals surface area (Å²) in [7, 11) is -3.35. The highest BCUT2D eigenvalue weighted by molar-refractivity contribution is 7.88. The molecule has 0 spiro atoms. The van der Waals surface area contributed by atoms with Crippen molar-refractivity contribution < 1.29 is 13.2 Å². The molecule has 0 atom stereocenters. The van der Waals surface area contributed by atoms with Gasteiger partial charge in [0.25, 0.3) is 0 Å². The lowest BCUT2D eigenvalue weighted by molar-refractivity contribution is 0.425. The van der Waals surface area contributed by atoms with Crippen LogP contribution in [-0.2, 0) is 22.9 Å². The number of fused-ring (bicyclic) bond motifs is 1. The van der Waals surface area contributed by atoms with E-state index in [2.05, 4.69) is 27.4 Å². The number of nitrogens with zero attached hydrogens (tertiary/aromatic N) is 5. The Kier molecular flexibility index (Phi) is 6.70. The van der Waals surface area contributed by atoms with Crippen molar-refractivity contribution in [3.63, 3.8) is 0 Å². The molecule has 1 N–H and O–H groups in total. The van der Waals surface area contributed by atoms with Gasteiger partial charge in [0.15, 0.2) is 0 Å². The van der Waals surface area contributed by atoms with Crippen molar-refractivity contribution in [1.82, 2.24) is 14.3 Å². The van der Waals surface area contributed by atoms with Gasteiger partial charge in [0.05, 0.1) is 35.2 Å². The van der Waals surface area contributed by atoms with E-state index in [-0.39, 0.29) is 0 Å². The number of nitriles is 2. The summed E-state index contributed by atoms with van der Waals surface area (Å²) in [6, 6.07) is 14.6. The number of anilines is 2. The second kappa shape index (κ2) is 9.71. The quantitative estimate of drug-likeness (QED) is 0.574. The first kappa shape index (κ1) is 24.1. The third-order valence-corrected chi connectivity index (χ3v) is 7.09. The van der Waals surface area contributed by atoms with Crippen molar-refractivity contribution >= 4 is 21.7 Å². The van der Waals surface area contributed by atoms with E-state index < -0.39 is 10.0 Å². The molecular weight excluding hydrogens is 464 g/mol. The van der Waals surface area contributed by atoms with Crippen LogP contribution < -0.4 is 10.1 Å². The van der Waals surface area contributed by atoms with Crippen molar-refractivity contribution in [2.24, 2.45) is 0 Å². The van der Waals surface area contributed by atoms with Crippen LogP contribution in [0.1, 0.15) is 33.5 Å². The minimum Gasteiger partial charge on any atom is -0.438 e. The summed E-state index contributed by atoms with van der Waals surface area (Å²) in [5.41, 5.74) is 4.83. The maximum Gasteiger partial charge on any atom is 0.230 e. The maximum absolute atomic E-state index is 12.2. The van der Waals surface area contributed by atoms with Crippen LogP contribution in [-0.4, -0.2) is 42.0 Å². The Bertz CT molecular complexity index is 1450. The molecule has 0 aliphatic carbocycles. The van der Waals surface area contributed by atoms with Crippen molar-refractivity contribution in [3.8, 4) is 23.8 Å². The van der Waals surface area contributed by atoms with Gasteiger partial charge in [-0.15, -0.1) is 0 Å². The van der Waals surface area contributed by atoms with Gasteiger partial charge >= 0.3 is 0 Å². The van der Waals surface area contributed by atoms with E-state index in [1.807, 2.05) is 13.8 Å². The number of hydrogen-bond donors (Lipinski definition) is 1. The Balaban J connectivity index is 1.76. The number of hydrogen-bond acceptors (Lipinski definition) is 8. The maximum atomic E-state index is 12.2. The largest absolute Gasteiger partial charge is 0.438 e. The molecule has 4 rings (SSSR count). The molecule has 0 radical (unpaired) electrons. The number of aromatic nitrogens is 2. The van der Waals surface area contributed by atoms with Crippen LogP contribution in [0.25, 0.3) is 0 Å². The smallest absolute Gasteiger partial charge is 0.230 e. The first-order valence-corrected chi connectivity index (χ1v) is 12.8. The third kappa shape index (κ3) is 5.40. The lowest BCUT2D eigenvalue weighted by Gasteiger charge is -2.17. The highest BCUT2D eigenvalue weighted by Gasteiger charge is 2.26. The Morgan fingerprint density at radius 3 is 2.20 bits per heavy atom. The molecule has 2 aromatic carbocycles. The third-order valence-electron chi connectivity index (χ3n) is 5.79. The molecule has 9 nitrogen and oxygen atoms in total. The zero-order chi connectivity index (χ0) is 25.2. The highest BCUT2D eigenvalue weighted by atomic mass is 32.2. The molecule has 0 amide bonds. The molecule has 10 heteroatoms. The standard InChI is InChI=1S/C25H24N6O3S/c1-16-12-19(15-27)13-17(2)23(16)34-24-21-8-10-31(35(3,32)33)11-9-22(21)29-25(30-24)28-20-6-4-18(14-26)5-7-20/h4-7,12-13H,8-11H2,1-3H3,(H,28,29,30). The second-order valence-corrected chi connectivity index (χ2v) is 10.4. The van der Waals surface area contributed by atoms with Gasteiger partial charge in [-0.1, -0.05) is 0 Å². The number of nitrogens with one attached hydrogen (secondary N) is 1. The molecule has 35 heavy (non-hydrogen) atoms. The minimum absolute atomic E-state index is 0.305. The normalized spacial score (nSPS) is 13.7. The van der Waals surface area contributed by atoms with Crippen LogP contribution in [0, 0.1) is 36.5 Å². The lowest BCUT2D eigenvalue weighted by atomic mass is 10.1. The molecule has 0 fully saturated rings. The Morgan fingerprint density at radius 2 is 1.60 bits per heavy atom. The van der Waals surface area contributed by atoms with Crippen LogP contribution in [0.15, 0.2) is 36.4 Å².